The van der Waals surface area contributed by atoms with Crippen LogP contribution in [-0.2, 0) is 11.2 Å². The van der Waals surface area contributed by atoms with Gasteiger partial charge in [-0.05, 0) is 55.8 Å². The largest absolute Gasteiger partial charge is 0.481 e. The van der Waals surface area contributed by atoms with Gasteiger partial charge in [-0.2, -0.15) is 9.98 Å². The monoisotopic (exact) mass is 458 g/mol. The fourth-order valence-corrected chi connectivity index (χ4v) is 4.83. The van der Waals surface area contributed by atoms with E-state index in [0.717, 1.165) is 70.1 Å². The minimum absolute atomic E-state index is 0.641. The fourth-order valence-electron chi connectivity index (χ4n) is 4.83. The minimum atomic E-state index is 0.641. The summed E-state index contributed by atoms with van der Waals surface area (Å²) in [4.78, 5) is 14.2. The zero-order valence-corrected chi connectivity index (χ0v) is 20.1. The number of piperazine rings is 1. The van der Waals surface area contributed by atoms with E-state index in [1.165, 1.54) is 22.0 Å². The van der Waals surface area contributed by atoms with Gasteiger partial charge in [0.1, 0.15) is 0 Å². The quantitative estimate of drug-likeness (QED) is 0.433. The van der Waals surface area contributed by atoms with Gasteiger partial charge in [0.25, 0.3) is 0 Å². The van der Waals surface area contributed by atoms with Gasteiger partial charge in [0.2, 0.25) is 5.88 Å². The van der Waals surface area contributed by atoms with E-state index in [1.54, 1.807) is 0 Å². The molecule has 0 amide bonds. The summed E-state index contributed by atoms with van der Waals surface area (Å²) in [5.41, 5.74) is 2.53. The Hall–Kier alpha value is -3.12. The molecule has 2 aromatic carbocycles. The number of hydrogen-bond acceptors (Lipinski definition) is 6. The maximum absolute atomic E-state index is 5.92. The van der Waals surface area contributed by atoms with Crippen LogP contribution in [0.15, 0.2) is 59.6 Å². The van der Waals surface area contributed by atoms with E-state index in [0.29, 0.717) is 19.1 Å². The summed E-state index contributed by atoms with van der Waals surface area (Å²) >= 11 is 0. The van der Waals surface area contributed by atoms with Crippen LogP contribution in [0.1, 0.15) is 31.7 Å². The van der Waals surface area contributed by atoms with Gasteiger partial charge < -0.3 is 14.4 Å². The number of hydrogen-bond donors (Lipinski definition) is 0. The lowest BCUT2D eigenvalue weighted by molar-refractivity contribution is 0.236. The molecule has 6 nitrogen and oxygen atoms in total. The van der Waals surface area contributed by atoms with Gasteiger partial charge in [0, 0.05) is 49.7 Å². The zero-order chi connectivity index (χ0) is 23.2. The van der Waals surface area contributed by atoms with Crippen LogP contribution in [0.5, 0.6) is 5.88 Å². The number of rotatable bonds is 8. The Morgan fingerprint density at radius 3 is 2.59 bits per heavy atom. The van der Waals surface area contributed by atoms with Crippen LogP contribution < -0.4 is 9.64 Å². The highest BCUT2D eigenvalue weighted by Gasteiger charge is 2.18. The third-order valence-electron chi connectivity index (χ3n) is 6.68. The third kappa shape index (κ3) is 5.33. The molecular formula is C28H34N4O2. The molecule has 0 unspecified atom stereocenters. The van der Waals surface area contributed by atoms with E-state index in [4.69, 9.17) is 9.47 Å². The standard InChI is InChI=1S/C28H34N4O2/c1-2-33-26-14-12-23-13-15-27(30-28(23)29-26)34-21-6-5-16-31-17-19-32(20-18-31)25-11-7-9-22-8-3-4-10-24(22)25/h3-4,7-11,13,15H,2,5-6,12,14,16-21H2,1H3. The second kappa shape index (κ2) is 10.9. The van der Waals surface area contributed by atoms with Crippen LogP contribution in [-0.4, -0.2) is 61.7 Å². The van der Waals surface area contributed by atoms with E-state index in [2.05, 4.69) is 68.3 Å². The summed E-state index contributed by atoms with van der Waals surface area (Å²) in [5, 5.41) is 2.67. The number of fused-ring (bicyclic) bond motifs is 2. The Morgan fingerprint density at radius 1 is 0.853 bits per heavy atom. The Morgan fingerprint density at radius 2 is 1.71 bits per heavy atom. The number of unbranched alkanes of at least 4 members (excludes halogenated alkanes) is 1. The van der Waals surface area contributed by atoms with Gasteiger partial charge in [-0.3, -0.25) is 4.90 Å². The average molecular weight is 459 g/mol. The van der Waals surface area contributed by atoms with Crippen molar-refractivity contribution in [1.82, 2.24) is 9.88 Å². The molecule has 5 rings (SSSR count). The predicted molar refractivity (Wildman–Crippen MR) is 139 cm³/mol. The number of aryl methyl sites for hydroxylation is 1. The van der Waals surface area contributed by atoms with Crippen molar-refractivity contribution in [3.63, 3.8) is 0 Å². The van der Waals surface area contributed by atoms with Crippen molar-refractivity contribution in [1.29, 1.82) is 0 Å². The lowest BCUT2D eigenvalue weighted by Crippen LogP contribution is -2.46. The number of aromatic nitrogens is 1. The van der Waals surface area contributed by atoms with Gasteiger partial charge in [-0.25, -0.2) is 0 Å². The van der Waals surface area contributed by atoms with Crippen molar-refractivity contribution in [3.05, 3.63) is 60.2 Å². The van der Waals surface area contributed by atoms with Gasteiger partial charge >= 0.3 is 0 Å². The van der Waals surface area contributed by atoms with Crippen molar-refractivity contribution in [2.45, 2.75) is 32.6 Å². The molecule has 1 fully saturated rings. The van der Waals surface area contributed by atoms with Crippen molar-refractivity contribution in [2.75, 3.05) is 50.8 Å². The van der Waals surface area contributed by atoms with Crippen LogP contribution >= 0.6 is 0 Å². The lowest BCUT2D eigenvalue weighted by atomic mass is 10.1. The van der Waals surface area contributed by atoms with Crippen molar-refractivity contribution >= 4 is 28.2 Å². The SMILES string of the molecule is CCOC1=Nc2nc(OCCCCN3CCN(c4cccc5ccccc45)CC3)ccc2CC1. The Balaban J connectivity index is 1.04. The van der Waals surface area contributed by atoms with Crippen LogP contribution in [0.25, 0.3) is 10.8 Å². The van der Waals surface area contributed by atoms with Gasteiger partial charge in [0.05, 0.1) is 13.2 Å². The highest BCUT2D eigenvalue weighted by molar-refractivity contribution is 5.94. The molecular weight excluding hydrogens is 424 g/mol. The molecule has 1 aromatic heterocycles. The molecule has 0 radical (unpaired) electrons. The molecule has 34 heavy (non-hydrogen) atoms. The molecule has 1 saturated heterocycles. The molecule has 0 aliphatic carbocycles. The summed E-state index contributed by atoms with van der Waals surface area (Å²) in [5.74, 6) is 2.18. The van der Waals surface area contributed by atoms with Gasteiger partial charge in [0.15, 0.2) is 11.7 Å². The van der Waals surface area contributed by atoms with Crippen molar-refractivity contribution in [2.24, 2.45) is 4.99 Å². The summed E-state index contributed by atoms with van der Waals surface area (Å²) < 4.78 is 11.5. The molecule has 0 bridgehead atoms. The Bertz CT molecular complexity index is 1130. The van der Waals surface area contributed by atoms with Gasteiger partial charge in [-0.15, -0.1) is 0 Å². The second-order valence-corrected chi connectivity index (χ2v) is 8.95. The third-order valence-corrected chi connectivity index (χ3v) is 6.68. The smallest absolute Gasteiger partial charge is 0.215 e. The highest BCUT2D eigenvalue weighted by atomic mass is 16.5. The minimum Gasteiger partial charge on any atom is -0.481 e. The van der Waals surface area contributed by atoms with E-state index in [1.807, 2.05) is 13.0 Å². The fraction of sp³-hybridized carbons (Fsp3) is 0.429. The molecule has 0 N–H and O–H groups in total. The van der Waals surface area contributed by atoms with Crippen molar-refractivity contribution < 1.29 is 9.47 Å². The summed E-state index contributed by atoms with van der Waals surface area (Å²) in [6, 6.07) is 19.4. The maximum Gasteiger partial charge on any atom is 0.215 e. The Labute approximate surface area is 202 Å². The molecule has 2 aliphatic rings. The lowest BCUT2D eigenvalue weighted by Gasteiger charge is -2.36. The van der Waals surface area contributed by atoms with Crippen LogP contribution in [0.3, 0.4) is 0 Å². The van der Waals surface area contributed by atoms with Crippen LogP contribution in [0.4, 0.5) is 11.5 Å². The van der Waals surface area contributed by atoms with E-state index in [-0.39, 0.29) is 0 Å². The molecule has 0 saturated carbocycles. The molecule has 3 aromatic rings. The first kappa shape index (κ1) is 22.7. The number of benzene rings is 2. The summed E-state index contributed by atoms with van der Waals surface area (Å²) in [6.45, 7) is 8.80. The van der Waals surface area contributed by atoms with Crippen LogP contribution in [0.2, 0.25) is 0 Å². The molecule has 0 atom stereocenters. The number of aliphatic imine (C=N–C) groups is 1. The van der Waals surface area contributed by atoms with Gasteiger partial charge in [-0.1, -0.05) is 36.4 Å². The molecule has 6 heteroatoms. The molecule has 2 aliphatic heterocycles. The first-order chi connectivity index (χ1) is 16.8. The first-order valence-corrected chi connectivity index (χ1v) is 12.6. The number of nitrogens with zero attached hydrogens (tertiary/aromatic N) is 4. The summed E-state index contributed by atoms with van der Waals surface area (Å²) in [6.07, 6.45) is 3.93. The highest BCUT2D eigenvalue weighted by Crippen LogP contribution is 2.28. The Kier molecular flexibility index (Phi) is 7.25. The molecule has 178 valence electrons. The predicted octanol–water partition coefficient (Wildman–Crippen LogP) is 5.23. The molecule has 0 spiro atoms. The average Bonchev–Trinajstić information content (AvgIpc) is 2.88. The van der Waals surface area contributed by atoms with Crippen molar-refractivity contribution in [3.8, 4) is 5.88 Å². The molecule has 3 heterocycles. The summed E-state index contributed by atoms with van der Waals surface area (Å²) in [7, 11) is 0. The maximum atomic E-state index is 5.92. The number of ether oxygens (including phenoxy) is 2. The zero-order valence-electron chi connectivity index (χ0n) is 20.1. The second-order valence-electron chi connectivity index (χ2n) is 8.95. The number of anilines is 1. The normalized spacial score (nSPS) is 16.3. The topological polar surface area (TPSA) is 50.2 Å². The number of pyridine rings is 1. The first-order valence-electron chi connectivity index (χ1n) is 12.6. The van der Waals surface area contributed by atoms with E-state index in [9.17, 15) is 0 Å². The van der Waals surface area contributed by atoms with E-state index >= 15 is 0 Å². The van der Waals surface area contributed by atoms with Crippen LogP contribution in [0, 0.1) is 0 Å². The van der Waals surface area contributed by atoms with E-state index < -0.39 is 0 Å².